The van der Waals surface area contributed by atoms with E-state index in [1.807, 2.05) is 7.05 Å². The van der Waals surface area contributed by atoms with Crippen molar-refractivity contribution >= 4 is 22.3 Å². The number of aryl methyl sites for hydroxylation is 1. The van der Waals surface area contributed by atoms with E-state index in [-0.39, 0.29) is 5.82 Å². The molecule has 0 saturated carbocycles. The number of hydrogen-bond donors (Lipinski definition) is 2. The van der Waals surface area contributed by atoms with Crippen LogP contribution in [-0.2, 0) is 13.6 Å². The number of anilines is 1. The number of halogens is 1. The van der Waals surface area contributed by atoms with E-state index in [1.54, 1.807) is 23.1 Å². The quantitative estimate of drug-likeness (QED) is 0.471. The largest absolute Gasteiger partial charge is 0.354 e. The van der Waals surface area contributed by atoms with Crippen molar-refractivity contribution in [1.29, 1.82) is 0 Å². The number of H-pyrrole nitrogens is 1. The Bertz CT molecular complexity index is 1280. The summed E-state index contributed by atoms with van der Waals surface area (Å²) >= 11 is 0. The van der Waals surface area contributed by atoms with Crippen LogP contribution < -0.4 is 5.32 Å². The Hall–Kier alpha value is -3.49. The monoisotopic (exact) mass is 445 g/mol. The first-order valence-electron chi connectivity index (χ1n) is 11.1. The third kappa shape index (κ3) is 4.53. The molecule has 0 amide bonds. The van der Waals surface area contributed by atoms with Crippen LogP contribution in [0.3, 0.4) is 0 Å². The van der Waals surface area contributed by atoms with E-state index < -0.39 is 0 Å². The maximum absolute atomic E-state index is 14.7. The number of likely N-dealkylation sites (N-methyl/N-ethyl adjacent to an activating group) is 1. The maximum Gasteiger partial charge on any atom is 0.133 e. The maximum atomic E-state index is 14.7. The van der Waals surface area contributed by atoms with Crippen molar-refractivity contribution in [1.82, 2.24) is 29.8 Å². The first-order valence-corrected chi connectivity index (χ1v) is 11.1. The van der Waals surface area contributed by atoms with Crippen LogP contribution in [0.25, 0.3) is 27.7 Å². The molecular formula is C25H28FN7. The van der Waals surface area contributed by atoms with E-state index in [9.17, 15) is 4.39 Å². The molecule has 1 fully saturated rings. The number of aromatic amines is 1. The van der Waals surface area contributed by atoms with Crippen molar-refractivity contribution in [2.75, 3.05) is 38.5 Å². The van der Waals surface area contributed by atoms with E-state index in [1.165, 1.54) is 11.6 Å². The van der Waals surface area contributed by atoms with E-state index in [0.29, 0.717) is 22.5 Å². The summed E-state index contributed by atoms with van der Waals surface area (Å²) in [6.45, 7) is 9.56. The Balaban J connectivity index is 1.32. The van der Waals surface area contributed by atoms with E-state index in [2.05, 4.69) is 68.3 Å². The van der Waals surface area contributed by atoms with Crippen molar-refractivity contribution in [2.24, 2.45) is 7.05 Å². The van der Waals surface area contributed by atoms with Gasteiger partial charge in [0.1, 0.15) is 11.5 Å². The second-order valence-corrected chi connectivity index (χ2v) is 8.73. The van der Waals surface area contributed by atoms with Crippen molar-refractivity contribution < 1.29 is 4.39 Å². The SMILES string of the molecule is C=C(Nc1ccc(CN2CCN(C)CC2)cc1)c1n[nH]c2cc(F)c(-c3cnn(C)c3)cc12. The summed E-state index contributed by atoms with van der Waals surface area (Å²) in [6.07, 6.45) is 3.45. The number of fused-ring (bicyclic) bond motifs is 1. The number of piperazine rings is 1. The highest BCUT2D eigenvalue weighted by Crippen LogP contribution is 2.30. The topological polar surface area (TPSA) is 65.0 Å². The molecule has 2 N–H and O–H groups in total. The molecule has 7 nitrogen and oxygen atoms in total. The Morgan fingerprint density at radius 2 is 1.88 bits per heavy atom. The molecule has 0 atom stereocenters. The summed E-state index contributed by atoms with van der Waals surface area (Å²) in [5.74, 6) is -0.319. The molecule has 170 valence electrons. The Morgan fingerprint density at radius 3 is 2.58 bits per heavy atom. The van der Waals surface area contributed by atoms with Gasteiger partial charge in [0.25, 0.3) is 0 Å². The third-order valence-corrected chi connectivity index (χ3v) is 6.20. The molecule has 0 spiro atoms. The van der Waals surface area contributed by atoms with Crippen molar-refractivity contribution in [3.05, 3.63) is 72.4 Å². The van der Waals surface area contributed by atoms with Crippen LogP contribution in [0.4, 0.5) is 10.1 Å². The molecule has 33 heavy (non-hydrogen) atoms. The second-order valence-electron chi connectivity index (χ2n) is 8.73. The van der Waals surface area contributed by atoms with Gasteiger partial charge in [-0.3, -0.25) is 14.7 Å². The van der Waals surface area contributed by atoms with Gasteiger partial charge in [0.2, 0.25) is 0 Å². The lowest BCUT2D eigenvalue weighted by Crippen LogP contribution is -2.43. The molecule has 4 aromatic rings. The standard InChI is InChI=1S/C25H28FN7/c1-17(28-20-6-4-18(5-7-20)15-33-10-8-31(2)9-11-33)25-22-12-21(19-14-27-32(3)16-19)23(26)13-24(22)29-30-25/h4-7,12-14,16,28H,1,8-11,15H2,2-3H3,(H,29,30). The van der Waals surface area contributed by atoms with Gasteiger partial charge in [0.15, 0.2) is 0 Å². The molecule has 0 unspecified atom stereocenters. The fourth-order valence-corrected chi connectivity index (χ4v) is 4.24. The lowest BCUT2D eigenvalue weighted by atomic mass is 10.0. The minimum Gasteiger partial charge on any atom is -0.354 e. The summed E-state index contributed by atoms with van der Waals surface area (Å²) in [6, 6.07) is 11.7. The molecule has 2 aromatic carbocycles. The Morgan fingerprint density at radius 1 is 1.12 bits per heavy atom. The molecule has 0 bridgehead atoms. The predicted molar refractivity (Wildman–Crippen MR) is 130 cm³/mol. The number of nitrogens with zero attached hydrogens (tertiary/aromatic N) is 5. The van der Waals surface area contributed by atoms with E-state index >= 15 is 0 Å². The van der Waals surface area contributed by atoms with E-state index in [0.717, 1.165) is 49.4 Å². The van der Waals surface area contributed by atoms with Gasteiger partial charge < -0.3 is 10.2 Å². The molecule has 1 saturated heterocycles. The highest BCUT2D eigenvalue weighted by molar-refractivity contribution is 5.95. The normalized spacial score (nSPS) is 15.2. The van der Waals surface area contributed by atoms with Crippen LogP contribution in [0.5, 0.6) is 0 Å². The first kappa shape index (κ1) is 21.4. The molecule has 0 aliphatic carbocycles. The van der Waals surface area contributed by atoms with Gasteiger partial charge in [-0.2, -0.15) is 10.2 Å². The summed E-state index contributed by atoms with van der Waals surface area (Å²) in [5.41, 5.74) is 5.37. The smallest absolute Gasteiger partial charge is 0.133 e. The van der Waals surface area contributed by atoms with Crippen molar-refractivity contribution in [3.8, 4) is 11.1 Å². The number of hydrogen-bond acceptors (Lipinski definition) is 5. The van der Waals surface area contributed by atoms with Gasteiger partial charge in [-0.05, 0) is 30.8 Å². The molecule has 0 radical (unpaired) electrons. The van der Waals surface area contributed by atoms with Crippen LogP contribution in [0.1, 0.15) is 11.3 Å². The van der Waals surface area contributed by atoms with Crippen LogP contribution in [0.15, 0.2) is 55.4 Å². The van der Waals surface area contributed by atoms with Crippen LogP contribution in [0, 0.1) is 5.82 Å². The zero-order valence-corrected chi connectivity index (χ0v) is 19.0. The molecule has 3 heterocycles. The molecule has 1 aliphatic rings. The van der Waals surface area contributed by atoms with Crippen molar-refractivity contribution in [3.63, 3.8) is 0 Å². The second kappa shape index (κ2) is 8.80. The Kier molecular flexibility index (Phi) is 5.70. The molecule has 1 aliphatic heterocycles. The summed E-state index contributed by atoms with van der Waals surface area (Å²) in [7, 11) is 3.98. The lowest BCUT2D eigenvalue weighted by Gasteiger charge is -2.32. The Labute approximate surface area is 192 Å². The highest BCUT2D eigenvalue weighted by Gasteiger charge is 2.16. The minimum atomic E-state index is -0.319. The van der Waals surface area contributed by atoms with Crippen LogP contribution in [0.2, 0.25) is 0 Å². The van der Waals surface area contributed by atoms with Gasteiger partial charge in [-0.15, -0.1) is 0 Å². The van der Waals surface area contributed by atoms with Gasteiger partial charge in [-0.1, -0.05) is 18.7 Å². The van der Waals surface area contributed by atoms with Crippen molar-refractivity contribution in [2.45, 2.75) is 6.54 Å². The van der Waals surface area contributed by atoms with Gasteiger partial charge in [0.05, 0.1) is 17.4 Å². The van der Waals surface area contributed by atoms with Crippen LogP contribution in [-0.4, -0.2) is 63.0 Å². The molecular weight excluding hydrogens is 417 g/mol. The summed E-state index contributed by atoms with van der Waals surface area (Å²) in [4.78, 5) is 4.85. The van der Waals surface area contributed by atoms with Gasteiger partial charge >= 0.3 is 0 Å². The zero-order chi connectivity index (χ0) is 22.9. The third-order valence-electron chi connectivity index (χ3n) is 6.20. The number of aromatic nitrogens is 4. The zero-order valence-electron chi connectivity index (χ0n) is 19.0. The average Bonchev–Trinajstić information content (AvgIpc) is 3.42. The first-order chi connectivity index (χ1) is 16.0. The summed E-state index contributed by atoms with van der Waals surface area (Å²) < 4.78 is 16.3. The number of rotatable bonds is 6. The molecule has 8 heteroatoms. The van der Waals surface area contributed by atoms with Gasteiger partial charge in [-0.25, -0.2) is 4.39 Å². The molecule has 2 aromatic heterocycles. The van der Waals surface area contributed by atoms with Gasteiger partial charge in [0, 0.05) is 74.2 Å². The van der Waals surface area contributed by atoms with E-state index in [4.69, 9.17) is 0 Å². The van der Waals surface area contributed by atoms with Crippen LogP contribution >= 0.6 is 0 Å². The predicted octanol–water partition coefficient (Wildman–Crippen LogP) is 3.93. The summed E-state index contributed by atoms with van der Waals surface area (Å²) in [5, 5.41) is 15.6. The minimum absolute atomic E-state index is 0.319. The highest BCUT2D eigenvalue weighted by atomic mass is 19.1. The molecule has 5 rings (SSSR count). The fraction of sp³-hybridized carbons (Fsp3) is 0.280. The number of benzene rings is 2. The lowest BCUT2D eigenvalue weighted by molar-refractivity contribution is 0.148. The number of nitrogens with one attached hydrogen (secondary N) is 2. The fourth-order valence-electron chi connectivity index (χ4n) is 4.24. The average molecular weight is 446 g/mol.